The van der Waals surface area contributed by atoms with E-state index in [0.29, 0.717) is 6.42 Å². The van der Waals surface area contributed by atoms with Crippen LogP contribution in [0.1, 0.15) is 97.8 Å². The number of cyclic esters (lactones) is 1. The van der Waals surface area contributed by atoms with Gasteiger partial charge in [-0.3, -0.25) is 4.79 Å². The average Bonchev–Trinajstić information content (AvgIpc) is 3.29. The molecule has 192 valence electrons. The molecule has 0 amide bonds. The second-order valence-corrected chi connectivity index (χ2v) is 9.36. The summed E-state index contributed by atoms with van der Waals surface area (Å²) in [7, 11) is 0. The van der Waals surface area contributed by atoms with Gasteiger partial charge in [-0.05, 0) is 52.4 Å². The molecule has 1 N–H and O–H groups in total. The molecule has 7 nitrogen and oxygen atoms in total. The van der Waals surface area contributed by atoms with E-state index in [2.05, 4.69) is 31.2 Å². The SMILES string of the molecule is CCCCC/C=C\C/C=C\CCCCCCCC(=O)OC1=C(O)C(C2COC(C)(C)O2)OC1=O. The highest BCUT2D eigenvalue weighted by Gasteiger charge is 2.47. The molecule has 0 aromatic heterocycles. The minimum absolute atomic E-state index is 0.169. The van der Waals surface area contributed by atoms with Gasteiger partial charge in [0.1, 0.15) is 6.10 Å². The molecule has 0 radical (unpaired) electrons. The maximum atomic E-state index is 12.1. The van der Waals surface area contributed by atoms with Gasteiger partial charge in [-0.15, -0.1) is 0 Å². The Hall–Kier alpha value is -2.12. The van der Waals surface area contributed by atoms with Crippen molar-refractivity contribution in [2.45, 2.75) is 116 Å². The van der Waals surface area contributed by atoms with Crippen LogP contribution < -0.4 is 0 Å². The molecule has 2 rings (SSSR count). The number of allylic oxidation sites excluding steroid dienone is 4. The summed E-state index contributed by atoms with van der Waals surface area (Å²) in [6.07, 6.45) is 19.5. The van der Waals surface area contributed by atoms with Crippen LogP contribution in [0, 0.1) is 0 Å². The second-order valence-electron chi connectivity index (χ2n) is 9.36. The number of unbranched alkanes of at least 4 members (excludes halogenated alkanes) is 8. The number of ether oxygens (including phenoxy) is 4. The van der Waals surface area contributed by atoms with E-state index in [-0.39, 0.29) is 13.0 Å². The first-order valence-corrected chi connectivity index (χ1v) is 12.8. The summed E-state index contributed by atoms with van der Waals surface area (Å²) >= 11 is 0. The van der Waals surface area contributed by atoms with Gasteiger partial charge < -0.3 is 24.1 Å². The summed E-state index contributed by atoms with van der Waals surface area (Å²) in [6.45, 7) is 5.86. The highest BCUT2D eigenvalue weighted by atomic mass is 16.8. The number of rotatable bonds is 16. The largest absolute Gasteiger partial charge is 0.505 e. The lowest BCUT2D eigenvalue weighted by Crippen LogP contribution is -2.32. The van der Waals surface area contributed by atoms with Crippen LogP contribution in [0.4, 0.5) is 0 Å². The van der Waals surface area contributed by atoms with E-state index in [1.165, 1.54) is 25.7 Å². The summed E-state index contributed by atoms with van der Waals surface area (Å²) in [5.74, 6) is -3.08. The average molecular weight is 479 g/mol. The Morgan fingerprint density at radius 3 is 2.32 bits per heavy atom. The van der Waals surface area contributed by atoms with Gasteiger partial charge in [0.15, 0.2) is 17.7 Å². The van der Waals surface area contributed by atoms with Gasteiger partial charge >= 0.3 is 11.9 Å². The third-order valence-corrected chi connectivity index (χ3v) is 5.84. The van der Waals surface area contributed by atoms with E-state index < -0.39 is 41.5 Å². The van der Waals surface area contributed by atoms with Crippen molar-refractivity contribution in [2.75, 3.05) is 6.61 Å². The molecule has 7 heteroatoms. The Bertz CT molecular complexity index is 735. The molecule has 2 unspecified atom stereocenters. The number of esters is 2. The first-order valence-electron chi connectivity index (χ1n) is 12.8. The topological polar surface area (TPSA) is 91.3 Å². The van der Waals surface area contributed by atoms with Crippen molar-refractivity contribution in [1.82, 2.24) is 0 Å². The summed E-state index contributed by atoms with van der Waals surface area (Å²) in [4.78, 5) is 24.1. The van der Waals surface area contributed by atoms with E-state index in [1.807, 2.05) is 0 Å². The van der Waals surface area contributed by atoms with Crippen molar-refractivity contribution >= 4 is 11.9 Å². The Morgan fingerprint density at radius 1 is 1.03 bits per heavy atom. The summed E-state index contributed by atoms with van der Waals surface area (Å²) < 4.78 is 21.3. The number of hydrogen-bond acceptors (Lipinski definition) is 7. The van der Waals surface area contributed by atoms with E-state index in [0.717, 1.165) is 38.5 Å². The normalized spacial score (nSPS) is 22.3. The summed E-state index contributed by atoms with van der Waals surface area (Å²) in [5, 5.41) is 10.3. The fourth-order valence-electron chi connectivity index (χ4n) is 3.91. The fraction of sp³-hybridized carbons (Fsp3) is 0.704. The predicted molar refractivity (Wildman–Crippen MR) is 130 cm³/mol. The van der Waals surface area contributed by atoms with E-state index in [1.54, 1.807) is 13.8 Å². The second kappa shape index (κ2) is 15.0. The third-order valence-electron chi connectivity index (χ3n) is 5.84. The van der Waals surface area contributed by atoms with Gasteiger partial charge in [0.05, 0.1) is 6.61 Å². The molecule has 0 aliphatic carbocycles. The fourth-order valence-corrected chi connectivity index (χ4v) is 3.91. The van der Waals surface area contributed by atoms with Crippen LogP contribution in [0.2, 0.25) is 0 Å². The summed E-state index contributed by atoms with van der Waals surface area (Å²) in [6, 6.07) is 0. The van der Waals surface area contributed by atoms with E-state index in [4.69, 9.17) is 18.9 Å². The molecule has 34 heavy (non-hydrogen) atoms. The predicted octanol–water partition coefficient (Wildman–Crippen LogP) is 6.19. The molecule has 0 bridgehead atoms. The third kappa shape index (κ3) is 10.0. The monoisotopic (exact) mass is 478 g/mol. The van der Waals surface area contributed by atoms with Crippen LogP contribution in [-0.4, -0.2) is 41.6 Å². The molecular weight excluding hydrogens is 436 g/mol. The standard InChI is InChI=1S/C27H42O7/c1-4-5-6-7-8-9-10-11-12-13-14-15-16-17-18-19-22(28)32-25-23(29)24(33-26(25)30)21-20-31-27(2,3)34-21/h8-9,11-12,21,24,29H,4-7,10,13-20H2,1-3H3/b9-8-,12-11-. The Balaban J connectivity index is 1.53. The van der Waals surface area contributed by atoms with Crippen molar-refractivity contribution in [3.05, 3.63) is 35.8 Å². The maximum absolute atomic E-state index is 12.1. The molecule has 0 aromatic carbocycles. The summed E-state index contributed by atoms with van der Waals surface area (Å²) in [5.41, 5.74) is 0. The first-order chi connectivity index (χ1) is 16.3. The van der Waals surface area contributed by atoms with Gasteiger partial charge in [0.2, 0.25) is 0 Å². The van der Waals surface area contributed by atoms with Gasteiger partial charge in [-0.25, -0.2) is 4.79 Å². The molecule has 1 saturated heterocycles. The molecule has 0 saturated carbocycles. The highest BCUT2D eigenvalue weighted by Crippen LogP contribution is 2.32. The van der Waals surface area contributed by atoms with E-state index >= 15 is 0 Å². The smallest absolute Gasteiger partial charge is 0.378 e. The van der Waals surface area contributed by atoms with Crippen molar-refractivity contribution in [3.8, 4) is 0 Å². The van der Waals surface area contributed by atoms with Crippen LogP contribution in [0.3, 0.4) is 0 Å². The van der Waals surface area contributed by atoms with Gasteiger partial charge in [0, 0.05) is 6.42 Å². The van der Waals surface area contributed by atoms with Crippen LogP contribution in [0.25, 0.3) is 0 Å². The van der Waals surface area contributed by atoms with Crippen molar-refractivity contribution in [1.29, 1.82) is 0 Å². The zero-order chi connectivity index (χ0) is 24.8. The van der Waals surface area contributed by atoms with Crippen LogP contribution in [0.15, 0.2) is 35.8 Å². The molecular formula is C27H42O7. The maximum Gasteiger partial charge on any atom is 0.378 e. The molecule has 2 atom stereocenters. The number of aliphatic hydroxyl groups excluding tert-OH is 1. The van der Waals surface area contributed by atoms with Gasteiger partial charge in [0.25, 0.3) is 5.76 Å². The lowest BCUT2D eigenvalue weighted by Gasteiger charge is -2.19. The van der Waals surface area contributed by atoms with Crippen LogP contribution in [-0.2, 0) is 28.5 Å². The quantitative estimate of drug-likeness (QED) is 0.161. The zero-order valence-corrected chi connectivity index (χ0v) is 21.1. The highest BCUT2D eigenvalue weighted by molar-refractivity contribution is 5.92. The van der Waals surface area contributed by atoms with Crippen LogP contribution >= 0.6 is 0 Å². The molecule has 0 aromatic rings. The Labute approximate surface area is 204 Å². The van der Waals surface area contributed by atoms with Crippen molar-refractivity contribution in [2.24, 2.45) is 0 Å². The molecule has 2 heterocycles. The molecule has 0 spiro atoms. The number of aliphatic hydroxyl groups is 1. The van der Waals surface area contributed by atoms with E-state index in [9.17, 15) is 14.7 Å². The molecule has 2 aliphatic rings. The Morgan fingerprint density at radius 2 is 1.68 bits per heavy atom. The lowest BCUT2D eigenvalue weighted by atomic mass is 10.1. The van der Waals surface area contributed by atoms with Gasteiger partial charge in [-0.1, -0.05) is 63.3 Å². The molecule has 2 aliphatic heterocycles. The van der Waals surface area contributed by atoms with Gasteiger partial charge in [-0.2, -0.15) is 0 Å². The van der Waals surface area contributed by atoms with Crippen molar-refractivity contribution < 1.29 is 33.6 Å². The first kappa shape index (κ1) is 28.1. The lowest BCUT2D eigenvalue weighted by molar-refractivity contribution is -0.164. The minimum atomic E-state index is -1.02. The minimum Gasteiger partial charge on any atom is -0.505 e. The Kier molecular flexibility index (Phi) is 12.4. The van der Waals surface area contributed by atoms with Crippen molar-refractivity contribution in [3.63, 3.8) is 0 Å². The zero-order valence-electron chi connectivity index (χ0n) is 21.1. The number of hydrogen-bond donors (Lipinski definition) is 1. The van der Waals surface area contributed by atoms with Crippen LogP contribution in [0.5, 0.6) is 0 Å². The number of carbonyl (C=O) groups excluding carboxylic acids is 2. The molecule has 1 fully saturated rings. The number of carbonyl (C=O) groups is 2.